The van der Waals surface area contributed by atoms with Crippen LogP contribution in [0.5, 0.6) is 0 Å². The second-order valence-electron chi connectivity index (χ2n) is 7.76. The van der Waals surface area contributed by atoms with Gasteiger partial charge in [-0.3, -0.25) is 9.98 Å². The monoisotopic (exact) mass is 510 g/mol. The van der Waals surface area contributed by atoms with Crippen LogP contribution in [0, 0.1) is 0 Å². The van der Waals surface area contributed by atoms with Crippen LogP contribution in [0.1, 0.15) is 24.0 Å². The topological polar surface area (TPSA) is 124 Å². The molecule has 3 rings (SSSR count). The molecule has 0 spiro atoms. The van der Waals surface area contributed by atoms with E-state index in [2.05, 4.69) is 44.1 Å². The molecule has 0 amide bonds. The van der Waals surface area contributed by atoms with E-state index in [-0.39, 0.29) is 38.0 Å². The Kier molecular flexibility index (Phi) is 13.4. The zero-order chi connectivity index (χ0) is 22.8. The summed E-state index contributed by atoms with van der Waals surface area (Å²) < 4.78 is 0. The zero-order valence-corrected chi connectivity index (χ0v) is 21.0. The highest BCUT2D eigenvalue weighted by Gasteiger charge is 2.18. The predicted molar refractivity (Wildman–Crippen MR) is 146 cm³/mol. The van der Waals surface area contributed by atoms with E-state index in [0.717, 1.165) is 37.3 Å². The SMILES string of the molecule is Cl.Cl.NC(=NCCCO)c1ccc(N2CCN(c3ccc(C(N)=NCCCO)cc3)CC2)cc1. The Morgan fingerprint density at radius 3 is 1.26 bits per heavy atom. The standard InChI is InChI=1S/C24H34N6O2.2ClH/c25-23(27-11-1-17-31)19-3-7-21(8-4-19)29-13-15-30(16-14-29)22-9-5-20(6-10-22)24(26)28-12-2-18-32;;/h3-10,31-32H,1-2,11-18H2,(H2,25,27)(H2,26,28);2*1H. The maximum atomic E-state index is 8.86. The summed E-state index contributed by atoms with van der Waals surface area (Å²) in [5.41, 5.74) is 16.2. The minimum absolute atomic E-state index is 0. The first kappa shape index (κ1) is 29.5. The lowest BCUT2D eigenvalue weighted by molar-refractivity contribution is 0.291. The molecule has 6 N–H and O–H groups in total. The Morgan fingerprint density at radius 1 is 0.647 bits per heavy atom. The molecule has 0 radical (unpaired) electrons. The molecular formula is C24H36Cl2N6O2. The lowest BCUT2D eigenvalue weighted by Gasteiger charge is -2.37. The second kappa shape index (κ2) is 15.4. The number of aliphatic hydroxyl groups is 2. The lowest BCUT2D eigenvalue weighted by Crippen LogP contribution is -2.46. The van der Waals surface area contributed by atoms with Crippen LogP contribution in [0.4, 0.5) is 11.4 Å². The molecule has 2 aromatic rings. The largest absolute Gasteiger partial charge is 0.396 e. The highest BCUT2D eigenvalue weighted by molar-refractivity contribution is 5.98. The number of nitrogens with two attached hydrogens (primary N) is 2. The van der Waals surface area contributed by atoms with Crippen molar-refractivity contribution in [3.63, 3.8) is 0 Å². The first-order chi connectivity index (χ1) is 15.6. The average molecular weight is 511 g/mol. The summed E-state index contributed by atoms with van der Waals surface area (Å²) in [6, 6.07) is 16.4. The molecule has 0 aromatic heterocycles. The van der Waals surface area contributed by atoms with Gasteiger partial charge in [0.15, 0.2) is 0 Å². The number of nitrogens with zero attached hydrogens (tertiary/aromatic N) is 4. The van der Waals surface area contributed by atoms with E-state index in [1.165, 1.54) is 11.4 Å². The summed E-state index contributed by atoms with van der Waals surface area (Å²) in [4.78, 5) is 13.3. The minimum atomic E-state index is 0. The minimum Gasteiger partial charge on any atom is -0.396 e. The number of benzene rings is 2. The van der Waals surface area contributed by atoms with Crippen LogP contribution >= 0.6 is 24.8 Å². The van der Waals surface area contributed by atoms with Gasteiger partial charge >= 0.3 is 0 Å². The number of halogens is 2. The quantitative estimate of drug-likeness (QED) is 0.220. The van der Waals surface area contributed by atoms with Crippen molar-refractivity contribution >= 4 is 47.9 Å². The molecule has 1 fully saturated rings. The summed E-state index contributed by atoms with van der Waals surface area (Å²) in [6.07, 6.45) is 1.24. The normalized spacial score (nSPS) is 14.4. The zero-order valence-electron chi connectivity index (χ0n) is 19.3. The van der Waals surface area contributed by atoms with Crippen molar-refractivity contribution in [2.24, 2.45) is 21.5 Å². The van der Waals surface area contributed by atoms with Crippen LogP contribution in [-0.2, 0) is 0 Å². The lowest BCUT2D eigenvalue weighted by atomic mass is 10.1. The van der Waals surface area contributed by atoms with Gasteiger partial charge in [0.2, 0.25) is 0 Å². The Labute approximate surface area is 214 Å². The van der Waals surface area contributed by atoms with Crippen LogP contribution in [0.25, 0.3) is 0 Å². The number of aliphatic hydroxyl groups excluding tert-OH is 2. The fourth-order valence-corrected chi connectivity index (χ4v) is 3.63. The first-order valence-electron chi connectivity index (χ1n) is 11.1. The van der Waals surface area contributed by atoms with Gasteiger partial charge in [0, 0.05) is 75.0 Å². The maximum Gasteiger partial charge on any atom is 0.125 e. The molecule has 10 heteroatoms. The van der Waals surface area contributed by atoms with Gasteiger partial charge < -0.3 is 31.5 Å². The van der Waals surface area contributed by atoms with E-state index < -0.39 is 0 Å². The van der Waals surface area contributed by atoms with E-state index >= 15 is 0 Å². The van der Waals surface area contributed by atoms with Crippen molar-refractivity contribution in [3.05, 3.63) is 59.7 Å². The van der Waals surface area contributed by atoms with Gasteiger partial charge in [0.25, 0.3) is 0 Å². The number of amidine groups is 2. The van der Waals surface area contributed by atoms with Gasteiger partial charge in [-0.05, 0) is 61.4 Å². The molecule has 1 aliphatic heterocycles. The smallest absolute Gasteiger partial charge is 0.125 e. The van der Waals surface area contributed by atoms with Crippen molar-refractivity contribution in [1.29, 1.82) is 0 Å². The van der Waals surface area contributed by atoms with Crippen LogP contribution in [0.15, 0.2) is 58.5 Å². The number of aliphatic imine (C=N–C) groups is 2. The van der Waals surface area contributed by atoms with E-state index in [1.807, 2.05) is 24.3 Å². The van der Waals surface area contributed by atoms with Crippen molar-refractivity contribution in [3.8, 4) is 0 Å². The molecule has 0 bridgehead atoms. The van der Waals surface area contributed by atoms with Crippen molar-refractivity contribution in [2.75, 3.05) is 62.3 Å². The van der Waals surface area contributed by atoms with Crippen molar-refractivity contribution < 1.29 is 10.2 Å². The predicted octanol–water partition coefficient (Wildman–Crippen LogP) is 2.03. The number of anilines is 2. The number of hydrogen-bond acceptors (Lipinski definition) is 6. The van der Waals surface area contributed by atoms with Gasteiger partial charge in [-0.25, -0.2) is 0 Å². The van der Waals surface area contributed by atoms with Gasteiger partial charge in [0.05, 0.1) is 0 Å². The molecule has 1 aliphatic rings. The van der Waals surface area contributed by atoms with E-state index in [4.69, 9.17) is 21.7 Å². The van der Waals surface area contributed by atoms with Gasteiger partial charge in [-0.1, -0.05) is 0 Å². The highest BCUT2D eigenvalue weighted by Crippen LogP contribution is 2.21. The summed E-state index contributed by atoms with van der Waals surface area (Å²) >= 11 is 0. The number of piperazine rings is 1. The summed E-state index contributed by atoms with van der Waals surface area (Å²) in [6.45, 7) is 5.07. The molecule has 2 aromatic carbocycles. The summed E-state index contributed by atoms with van der Waals surface area (Å²) in [7, 11) is 0. The fraction of sp³-hybridized carbons (Fsp3) is 0.417. The van der Waals surface area contributed by atoms with Gasteiger partial charge in [-0.2, -0.15) is 0 Å². The van der Waals surface area contributed by atoms with Crippen LogP contribution < -0.4 is 21.3 Å². The Hall–Kier alpha value is -2.52. The van der Waals surface area contributed by atoms with Crippen LogP contribution in [0.2, 0.25) is 0 Å². The average Bonchev–Trinajstić information content (AvgIpc) is 2.84. The van der Waals surface area contributed by atoms with Crippen molar-refractivity contribution in [1.82, 2.24) is 0 Å². The molecule has 8 nitrogen and oxygen atoms in total. The molecule has 34 heavy (non-hydrogen) atoms. The Morgan fingerprint density at radius 2 is 0.971 bits per heavy atom. The van der Waals surface area contributed by atoms with Crippen LogP contribution in [0.3, 0.4) is 0 Å². The molecule has 1 heterocycles. The maximum absolute atomic E-state index is 8.86. The highest BCUT2D eigenvalue weighted by atomic mass is 35.5. The molecule has 188 valence electrons. The molecule has 0 saturated carbocycles. The third kappa shape index (κ3) is 8.36. The van der Waals surface area contributed by atoms with E-state index in [1.54, 1.807) is 0 Å². The number of rotatable bonds is 10. The summed E-state index contributed by atoms with van der Waals surface area (Å²) in [5.74, 6) is 1.02. The van der Waals surface area contributed by atoms with Crippen LogP contribution in [-0.4, -0.2) is 74.4 Å². The van der Waals surface area contributed by atoms with E-state index in [0.29, 0.717) is 37.6 Å². The molecule has 0 aliphatic carbocycles. The summed E-state index contributed by atoms with van der Waals surface area (Å²) in [5, 5.41) is 17.7. The van der Waals surface area contributed by atoms with Gasteiger partial charge in [-0.15, -0.1) is 24.8 Å². The first-order valence-corrected chi connectivity index (χ1v) is 11.1. The molecule has 0 atom stereocenters. The van der Waals surface area contributed by atoms with Gasteiger partial charge in [0.1, 0.15) is 11.7 Å². The van der Waals surface area contributed by atoms with E-state index in [9.17, 15) is 0 Å². The number of hydrogen-bond donors (Lipinski definition) is 4. The van der Waals surface area contributed by atoms with Crippen molar-refractivity contribution in [2.45, 2.75) is 12.8 Å². The Balaban J connectivity index is 0.00000289. The Bertz CT molecular complexity index is 823. The third-order valence-corrected chi connectivity index (χ3v) is 5.53. The second-order valence-corrected chi connectivity index (χ2v) is 7.76. The fourth-order valence-electron chi connectivity index (χ4n) is 3.63. The third-order valence-electron chi connectivity index (χ3n) is 5.53. The molecule has 1 saturated heterocycles. The molecule has 0 unspecified atom stereocenters. The molecular weight excluding hydrogens is 475 g/mol.